The molecule has 0 aliphatic heterocycles. The van der Waals surface area contributed by atoms with Crippen LogP contribution in [0.4, 0.5) is 0 Å². The second-order valence-corrected chi connectivity index (χ2v) is 5.59. The van der Waals surface area contributed by atoms with Gasteiger partial charge in [-0.05, 0) is 47.9 Å². The molecule has 0 saturated carbocycles. The lowest BCUT2D eigenvalue weighted by Gasteiger charge is -2.18. The topological polar surface area (TPSA) is 47.3 Å². The molecule has 2 aromatic rings. The number of nitrogens with two attached hydrogens (primary N) is 1. The first-order valence-corrected chi connectivity index (χ1v) is 7.54. The van der Waals surface area contributed by atoms with E-state index in [1.54, 1.807) is 6.07 Å². The van der Waals surface area contributed by atoms with Gasteiger partial charge in [-0.3, -0.25) is 5.84 Å². The van der Waals surface area contributed by atoms with Crippen LogP contribution >= 0.6 is 23.2 Å². The number of hydrogen-bond acceptors (Lipinski definition) is 3. The maximum atomic E-state index is 6.05. The molecule has 2 aromatic carbocycles. The van der Waals surface area contributed by atoms with Gasteiger partial charge in [0.25, 0.3) is 0 Å². The molecule has 0 saturated heterocycles. The van der Waals surface area contributed by atoms with Crippen LogP contribution in [0.3, 0.4) is 0 Å². The third-order valence-electron chi connectivity index (χ3n) is 3.07. The summed E-state index contributed by atoms with van der Waals surface area (Å²) in [6.45, 7) is 2.79. The van der Waals surface area contributed by atoms with Gasteiger partial charge in [-0.25, -0.2) is 5.43 Å². The van der Waals surface area contributed by atoms with Crippen LogP contribution in [0, 0.1) is 0 Å². The van der Waals surface area contributed by atoms with Crippen LogP contribution in [0.2, 0.25) is 10.0 Å². The van der Waals surface area contributed by atoms with E-state index in [0.717, 1.165) is 23.3 Å². The monoisotopic (exact) mass is 324 g/mol. The molecule has 0 spiro atoms. The first-order chi connectivity index (χ1) is 10.1. The fourth-order valence-corrected chi connectivity index (χ4v) is 2.65. The molecule has 0 bridgehead atoms. The molecule has 0 aliphatic carbocycles. The van der Waals surface area contributed by atoms with Crippen molar-refractivity contribution in [2.45, 2.75) is 19.4 Å². The van der Waals surface area contributed by atoms with Gasteiger partial charge in [0.2, 0.25) is 0 Å². The average Bonchev–Trinajstić information content (AvgIpc) is 2.46. The predicted octanol–water partition coefficient (Wildman–Crippen LogP) is 4.33. The third kappa shape index (κ3) is 4.35. The molecule has 21 heavy (non-hydrogen) atoms. The average molecular weight is 325 g/mol. The molecule has 3 N–H and O–H groups in total. The number of hydrogen-bond donors (Lipinski definition) is 2. The number of nitrogens with one attached hydrogen (secondary N) is 1. The zero-order valence-corrected chi connectivity index (χ0v) is 13.3. The smallest absolute Gasteiger partial charge is 0.119 e. The Hall–Kier alpha value is -1.26. The zero-order chi connectivity index (χ0) is 15.2. The van der Waals surface area contributed by atoms with Crippen LogP contribution < -0.4 is 16.0 Å². The molecule has 112 valence electrons. The second kappa shape index (κ2) is 7.66. The molecule has 0 fully saturated rings. The van der Waals surface area contributed by atoms with E-state index in [9.17, 15) is 0 Å². The zero-order valence-electron chi connectivity index (χ0n) is 11.8. The SMILES string of the molecule is CCCOc1ccc(C(NN)c2cc(Cl)cc(Cl)c2)cc1. The lowest BCUT2D eigenvalue weighted by Crippen LogP contribution is -2.28. The number of hydrazine groups is 1. The number of halogens is 2. The van der Waals surface area contributed by atoms with Gasteiger partial charge in [0.1, 0.15) is 5.75 Å². The fourth-order valence-electron chi connectivity index (χ4n) is 2.10. The summed E-state index contributed by atoms with van der Waals surface area (Å²) in [5.41, 5.74) is 4.72. The van der Waals surface area contributed by atoms with Crippen LogP contribution in [0.15, 0.2) is 42.5 Å². The summed E-state index contributed by atoms with van der Waals surface area (Å²) in [5, 5.41) is 1.17. The normalized spacial score (nSPS) is 12.2. The summed E-state index contributed by atoms with van der Waals surface area (Å²) in [6.07, 6.45) is 0.982. The minimum atomic E-state index is -0.179. The van der Waals surface area contributed by atoms with Gasteiger partial charge in [0.05, 0.1) is 12.6 Å². The third-order valence-corrected chi connectivity index (χ3v) is 3.51. The van der Waals surface area contributed by atoms with Gasteiger partial charge in [0, 0.05) is 10.0 Å². The Morgan fingerprint density at radius 3 is 2.19 bits per heavy atom. The molecule has 0 amide bonds. The highest BCUT2D eigenvalue weighted by Gasteiger charge is 2.14. The highest BCUT2D eigenvalue weighted by Crippen LogP contribution is 2.28. The molecule has 0 heterocycles. The first kappa shape index (κ1) is 16.1. The highest BCUT2D eigenvalue weighted by molar-refractivity contribution is 6.34. The first-order valence-electron chi connectivity index (χ1n) is 6.79. The van der Waals surface area contributed by atoms with Crippen molar-refractivity contribution in [3.05, 3.63) is 63.6 Å². The second-order valence-electron chi connectivity index (χ2n) is 4.72. The Morgan fingerprint density at radius 1 is 1.05 bits per heavy atom. The molecule has 1 unspecified atom stereocenters. The van der Waals surface area contributed by atoms with Crippen LogP contribution in [0.25, 0.3) is 0 Å². The Morgan fingerprint density at radius 2 is 1.67 bits per heavy atom. The van der Waals surface area contributed by atoms with E-state index in [0.29, 0.717) is 16.7 Å². The molecule has 0 aliphatic rings. The predicted molar refractivity (Wildman–Crippen MR) is 87.9 cm³/mol. The van der Waals surface area contributed by atoms with Gasteiger partial charge in [-0.2, -0.15) is 0 Å². The van der Waals surface area contributed by atoms with E-state index in [4.69, 9.17) is 33.8 Å². The van der Waals surface area contributed by atoms with E-state index < -0.39 is 0 Å². The Kier molecular flexibility index (Phi) is 5.88. The van der Waals surface area contributed by atoms with Crippen LogP contribution in [0.1, 0.15) is 30.5 Å². The van der Waals surface area contributed by atoms with Crippen molar-refractivity contribution in [3.8, 4) is 5.75 Å². The summed E-state index contributed by atoms with van der Waals surface area (Å²) in [5.74, 6) is 6.54. The fraction of sp³-hybridized carbons (Fsp3) is 0.250. The lowest BCUT2D eigenvalue weighted by atomic mass is 9.99. The van der Waals surface area contributed by atoms with Crippen molar-refractivity contribution < 1.29 is 4.74 Å². The minimum absolute atomic E-state index is 0.179. The number of ether oxygens (including phenoxy) is 1. The van der Waals surface area contributed by atoms with E-state index in [1.165, 1.54) is 0 Å². The van der Waals surface area contributed by atoms with Gasteiger partial charge in [-0.15, -0.1) is 0 Å². The quantitative estimate of drug-likeness (QED) is 0.614. The molecular formula is C16H18Cl2N2O. The summed E-state index contributed by atoms with van der Waals surface area (Å²) in [7, 11) is 0. The standard InChI is InChI=1S/C16H18Cl2N2O/c1-2-7-21-15-5-3-11(4-6-15)16(20-19)12-8-13(17)10-14(18)9-12/h3-6,8-10,16,20H,2,7,19H2,1H3. The Labute approximate surface area is 135 Å². The highest BCUT2D eigenvalue weighted by atomic mass is 35.5. The number of rotatable bonds is 6. The van der Waals surface area contributed by atoms with E-state index >= 15 is 0 Å². The van der Waals surface area contributed by atoms with Crippen LogP contribution in [-0.2, 0) is 0 Å². The van der Waals surface area contributed by atoms with Crippen molar-refractivity contribution >= 4 is 23.2 Å². The number of benzene rings is 2. The van der Waals surface area contributed by atoms with E-state index in [2.05, 4.69) is 12.3 Å². The van der Waals surface area contributed by atoms with Gasteiger partial charge >= 0.3 is 0 Å². The Balaban J connectivity index is 2.24. The van der Waals surface area contributed by atoms with Crippen molar-refractivity contribution in [3.63, 3.8) is 0 Å². The molecule has 1 atom stereocenters. The molecule has 5 heteroatoms. The van der Waals surface area contributed by atoms with Gasteiger partial charge in [-0.1, -0.05) is 42.3 Å². The van der Waals surface area contributed by atoms with Crippen molar-refractivity contribution in [2.75, 3.05) is 6.61 Å². The Bertz CT molecular complexity index is 567. The van der Waals surface area contributed by atoms with Crippen LogP contribution in [-0.4, -0.2) is 6.61 Å². The minimum Gasteiger partial charge on any atom is -0.494 e. The van der Waals surface area contributed by atoms with Crippen molar-refractivity contribution in [2.24, 2.45) is 5.84 Å². The molecule has 3 nitrogen and oxygen atoms in total. The maximum Gasteiger partial charge on any atom is 0.119 e. The molecule has 0 radical (unpaired) electrons. The summed E-state index contributed by atoms with van der Waals surface area (Å²) >= 11 is 12.1. The summed E-state index contributed by atoms with van der Waals surface area (Å²) < 4.78 is 5.57. The van der Waals surface area contributed by atoms with E-state index in [1.807, 2.05) is 36.4 Å². The van der Waals surface area contributed by atoms with Crippen molar-refractivity contribution in [1.29, 1.82) is 0 Å². The van der Waals surface area contributed by atoms with Crippen LogP contribution in [0.5, 0.6) is 5.75 Å². The van der Waals surface area contributed by atoms with E-state index in [-0.39, 0.29) is 6.04 Å². The summed E-state index contributed by atoms with van der Waals surface area (Å²) in [4.78, 5) is 0. The molecule has 0 aromatic heterocycles. The van der Waals surface area contributed by atoms with Crippen molar-refractivity contribution in [1.82, 2.24) is 5.43 Å². The maximum absolute atomic E-state index is 6.05. The largest absolute Gasteiger partial charge is 0.494 e. The summed E-state index contributed by atoms with van der Waals surface area (Å²) in [6, 6.07) is 13.0. The molecule has 2 rings (SSSR count). The van der Waals surface area contributed by atoms with Gasteiger partial charge in [0.15, 0.2) is 0 Å². The molecular weight excluding hydrogens is 307 g/mol. The van der Waals surface area contributed by atoms with Gasteiger partial charge < -0.3 is 4.74 Å². The lowest BCUT2D eigenvalue weighted by molar-refractivity contribution is 0.317.